The molecule has 32 heteroatoms. The van der Waals surface area contributed by atoms with E-state index in [1.807, 2.05) is 7.05 Å². The summed E-state index contributed by atoms with van der Waals surface area (Å²) in [4.78, 5) is 62.8. The Kier molecular flexibility index (Phi) is 19.3. The van der Waals surface area contributed by atoms with E-state index in [-0.39, 0.29) is 96.5 Å². The molecule has 75 heavy (non-hydrogen) atoms. The Hall–Kier alpha value is -7.19. The minimum Gasteiger partial charge on any atom is -0.408 e. The molecule has 8 rings (SSSR count). The van der Waals surface area contributed by atoms with Gasteiger partial charge < -0.3 is 28.8 Å². The number of benzene rings is 3. The van der Waals surface area contributed by atoms with Crippen molar-refractivity contribution in [2.75, 3.05) is 49.2 Å². The van der Waals surface area contributed by atoms with Crippen LogP contribution in [-0.4, -0.2) is 120 Å². The maximum absolute atomic E-state index is 12.3. The molecule has 6 aromatic rings. The van der Waals surface area contributed by atoms with Crippen LogP contribution in [0, 0.1) is 0 Å². The molecule has 3 aromatic carbocycles. The number of carbonyl (C=O) groups excluding carboxylic acids is 5. The number of carbonyl (C=O) groups is 5. The van der Waals surface area contributed by atoms with Gasteiger partial charge in [-0.15, -0.1) is 15.3 Å². The molecular weight excluding hydrogens is 1080 g/mol. The van der Waals surface area contributed by atoms with Crippen molar-refractivity contribution in [1.29, 1.82) is 0 Å². The number of nitrogens with zero attached hydrogens (tertiary/aromatic N) is 8. The van der Waals surface area contributed by atoms with Crippen LogP contribution in [0.2, 0.25) is 0 Å². The highest BCUT2D eigenvalue weighted by Crippen LogP contribution is 2.39. The minimum absolute atomic E-state index is 0.0105. The van der Waals surface area contributed by atoms with E-state index in [1.54, 1.807) is 4.90 Å². The summed E-state index contributed by atoms with van der Waals surface area (Å²) in [5, 5.41) is 28.7. The summed E-state index contributed by atoms with van der Waals surface area (Å²) in [6, 6.07) is 14.1. The number of alkyl halides is 9. The fourth-order valence-corrected chi connectivity index (χ4v) is 8.22. The number of likely N-dealkylation sites (tertiary alicyclic amines) is 2. The quantitative estimate of drug-likeness (QED) is 0.0656. The summed E-state index contributed by atoms with van der Waals surface area (Å²) >= 11 is -0.793. The fourth-order valence-electron chi connectivity index (χ4n) is 6.60. The van der Waals surface area contributed by atoms with Crippen LogP contribution >= 0.6 is 35.3 Å². The molecule has 0 spiro atoms. The molecule has 5 heterocycles. The van der Waals surface area contributed by atoms with Gasteiger partial charge in [0.2, 0.25) is 5.89 Å². The van der Waals surface area contributed by atoms with E-state index < -0.39 is 52.0 Å². The van der Waals surface area contributed by atoms with Crippen molar-refractivity contribution < 1.29 is 76.7 Å². The first-order valence-corrected chi connectivity index (χ1v) is 24.1. The van der Waals surface area contributed by atoms with Gasteiger partial charge in [0.05, 0.1) is 0 Å². The lowest BCUT2D eigenvalue weighted by atomic mass is 9.97. The summed E-state index contributed by atoms with van der Waals surface area (Å²) < 4.78 is 126. The van der Waals surface area contributed by atoms with E-state index in [0.29, 0.717) is 19.0 Å². The number of amides is 5. The zero-order valence-corrected chi connectivity index (χ0v) is 40.9. The molecule has 0 aliphatic carbocycles. The third-order valence-corrected chi connectivity index (χ3v) is 12.3. The van der Waals surface area contributed by atoms with Crippen molar-refractivity contribution in [2.24, 2.45) is 5.73 Å². The molecule has 0 atom stereocenters. The van der Waals surface area contributed by atoms with Gasteiger partial charge in [-0.25, -0.2) is 0 Å². The van der Waals surface area contributed by atoms with Gasteiger partial charge in [0, 0.05) is 50.4 Å². The third-order valence-electron chi connectivity index (χ3n) is 10.1. The second kappa shape index (κ2) is 25.4. The van der Waals surface area contributed by atoms with Gasteiger partial charge in [0.25, 0.3) is 17.7 Å². The van der Waals surface area contributed by atoms with Crippen LogP contribution in [0.4, 0.5) is 57.6 Å². The van der Waals surface area contributed by atoms with Crippen molar-refractivity contribution in [3.63, 3.8) is 0 Å². The highest BCUT2D eigenvalue weighted by Gasteiger charge is 2.32. The molecule has 0 radical (unpaired) electrons. The normalized spacial score (nSPS) is 14.4. The van der Waals surface area contributed by atoms with E-state index in [2.05, 4.69) is 51.4 Å². The molecule has 0 unspecified atom stereocenters. The van der Waals surface area contributed by atoms with Crippen LogP contribution in [0.15, 0.2) is 101 Å². The van der Waals surface area contributed by atoms with E-state index in [0.717, 1.165) is 57.3 Å². The number of rotatable bonds is 12. The van der Waals surface area contributed by atoms with E-state index in [1.165, 1.54) is 60.7 Å². The summed E-state index contributed by atoms with van der Waals surface area (Å²) in [7, 11) is 2.05. The Labute approximate surface area is 429 Å². The van der Waals surface area contributed by atoms with Crippen molar-refractivity contribution in [2.45, 2.75) is 69.2 Å². The molecule has 2 saturated heterocycles. The molecule has 2 aliphatic rings. The number of halogens is 9. The Bertz CT molecular complexity index is 2890. The van der Waals surface area contributed by atoms with E-state index in [9.17, 15) is 63.5 Å². The summed E-state index contributed by atoms with van der Waals surface area (Å²) in [6.07, 6.45) is 4.70. The standard InChI is InChI=1S/C16H15F3N4O3S.C16H17F3N4O2S.C11H7F3N4O3S/c17-16(18,19)27-11-6-4-10(5-7-11)12(24)20-15-22-21-13(26-15)14(25)23-8-2-1-3-9-23;1-23-8-6-11(7-9-23)14-21-22-15(25-14)20-13(24)10-2-4-12(5-3-10)26-16(17,18)19;12-11(13,14)22-6-3-1-5(2-4-6)8(20)16-10-18-17-9(21-10)7(15)19/h4-7H,1-3,8-9H2,(H,20,22,24);2-5,11H,6-9H2,1H3,(H,20,22,24);1-4H,(H2,15,19)(H,16,18,20). The largest absolute Gasteiger partial charge is 0.446 e. The molecular formula is C43H39F9N12O8S3. The van der Waals surface area contributed by atoms with Gasteiger partial charge in [-0.2, -0.15) is 39.5 Å². The molecule has 0 bridgehead atoms. The average molecular weight is 1120 g/mol. The SMILES string of the molecule is CN1CCC(c2nnc(NC(=O)c3ccc(SC(F)(F)F)cc3)o2)CC1.NC(=O)c1nnc(NC(=O)c2ccc(SC(F)(F)F)cc2)o1.O=C(Nc1nnc(C(=O)N2CCCCC2)o1)c1ccc(SC(F)(F)F)cc1. The maximum Gasteiger partial charge on any atom is 0.446 e. The predicted molar refractivity (Wildman–Crippen MR) is 250 cm³/mol. The summed E-state index contributed by atoms with van der Waals surface area (Å²) in [5.41, 5.74) is -7.88. The van der Waals surface area contributed by atoms with Crippen LogP contribution < -0.4 is 21.7 Å². The predicted octanol–water partition coefficient (Wildman–Crippen LogP) is 9.34. The van der Waals surface area contributed by atoms with Crippen LogP contribution in [-0.2, 0) is 0 Å². The van der Waals surface area contributed by atoms with Gasteiger partial charge in [-0.05, 0) is 160 Å². The number of thioether (sulfide) groups is 3. The van der Waals surface area contributed by atoms with E-state index in [4.69, 9.17) is 19.0 Å². The first kappa shape index (κ1) is 57.1. The summed E-state index contributed by atoms with van der Waals surface area (Å²) in [6.45, 7) is 3.12. The zero-order chi connectivity index (χ0) is 54.5. The topological polar surface area (TPSA) is 271 Å². The molecule has 5 amide bonds. The number of piperidine rings is 2. The lowest BCUT2D eigenvalue weighted by Crippen LogP contribution is -2.35. The molecule has 20 nitrogen and oxygen atoms in total. The number of aromatic nitrogens is 6. The summed E-state index contributed by atoms with van der Waals surface area (Å²) in [5.74, 6) is -3.24. The Balaban J connectivity index is 0.000000184. The first-order valence-electron chi connectivity index (χ1n) is 21.7. The second-order valence-electron chi connectivity index (χ2n) is 15.6. The van der Waals surface area contributed by atoms with Crippen LogP contribution in [0.1, 0.15) is 96.4 Å². The number of primary amides is 1. The average Bonchev–Trinajstić information content (AvgIpc) is 4.14. The van der Waals surface area contributed by atoms with Crippen molar-refractivity contribution in [3.8, 4) is 0 Å². The van der Waals surface area contributed by atoms with Gasteiger partial charge in [-0.3, -0.25) is 39.9 Å². The second-order valence-corrected chi connectivity index (χ2v) is 19.1. The lowest BCUT2D eigenvalue weighted by molar-refractivity contribution is -0.0337. The van der Waals surface area contributed by atoms with E-state index >= 15 is 0 Å². The molecule has 5 N–H and O–H groups in total. The minimum atomic E-state index is -4.40. The Morgan fingerprint density at radius 2 is 0.880 bits per heavy atom. The Morgan fingerprint density at radius 1 is 0.520 bits per heavy atom. The Morgan fingerprint density at radius 3 is 1.25 bits per heavy atom. The zero-order valence-electron chi connectivity index (χ0n) is 38.4. The highest BCUT2D eigenvalue weighted by molar-refractivity contribution is 8.00. The first-order chi connectivity index (χ1) is 35.4. The van der Waals surface area contributed by atoms with Crippen molar-refractivity contribution in [1.82, 2.24) is 40.4 Å². The molecule has 3 aromatic heterocycles. The van der Waals surface area contributed by atoms with Gasteiger partial charge in [0.15, 0.2) is 0 Å². The van der Waals surface area contributed by atoms with Crippen molar-refractivity contribution >= 4 is 82.9 Å². The number of nitrogens with two attached hydrogens (primary N) is 1. The van der Waals surface area contributed by atoms with Crippen molar-refractivity contribution in [3.05, 3.63) is 107 Å². The lowest BCUT2D eigenvalue weighted by Gasteiger charge is -2.26. The molecule has 400 valence electrons. The number of nitrogens with one attached hydrogen (secondary N) is 3. The van der Waals surface area contributed by atoms with Gasteiger partial charge >= 0.3 is 58.2 Å². The smallest absolute Gasteiger partial charge is 0.408 e. The number of hydrogen-bond donors (Lipinski definition) is 4. The number of anilines is 3. The molecule has 0 saturated carbocycles. The van der Waals surface area contributed by atoms with Gasteiger partial charge in [0.1, 0.15) is 0 Å². The third kappa shape index (κ3) is 18.6. The fraction of sp³-hybridized carbons (Fsp3) is 0.326. The maximum atomic E-state index is 12.3. The molecule has 2 fully saturated rings. The highest BCUT2D eigenvalue weighted by atomic mass is 32.2. The number of hydrogen-bond acceptors (Lipinski definition) is 18. The monoisotopic (exact) mass is 1120 g/mol. The van der Waals surface area contributed by atoms with Crippen LogP contribution in [0.25, 0.3) is 0 Å². The van der Waals surface area contributed by atoms with Gasteiger partial charge in [-0.1, -0.05) is 15.3 Å². The molecule has 2 aliphatic heterocycles. The van der Waals surface area contributed by atoms with Crippen LogP contribution in [0.5, 0.6) is 0 Å². The van der Waals surface area contributed by atoms with Crippen LogP contribution in [0.3, 0.4) is 0 Å².